The predicted octanol–water partition coefficient (Wildman–Crippen LogP) is 1.09. The zero-order valence-electron chi connectivity index (χ0n) is 9.75. The first-order valence-corrected chi connectivity index (χ1v) is 5.51. The average molecular weight is 245 g/mol. The molecule has 0 bridgehead atoms. The van der Waals surface area contributed by atoms with Crippen LogP contribution in [0.15, 0.2) is 18.3 Å². The maximum Gasteiger partial charge on any atom is 0.267 e. The summed E-state index contributed by atoms with van der Waals surface area (Å²) in [6, 6.07) is 3.13. The van der Waals surface area contributed by atoms with Gasteiger partial charge in [-0.15, -0.1) is 0 Å². The van der Waals surface area contributed by atoms with Gasteiger partial charge in [-0.05, 0) is 32.1 Å². The van der Waals surface area contributed by atoms with Gasteiger partial charge in [-0.25, -0.2) is 8.78 Å². The van der Waals surface area contributed by atoms with Gasteiger partial charge in [0.05, 0.1) is 6.54 Å². The van der Waals surface area contributed by atoms with Crippen molar-refractivity contribution in [2.75, 3.05) is 20.1 Å². The Bertz CT molecular complexity index is 352. The monoisotopic (exact) mass is 245 g/mol. The molecular weight excluding hydrogens is 228 g/mol. The first-order chi connectivity index (χ1) is 8.15. The van der Waals surface area contributed by atoms with E-state index in [-0.39, 0.29) is 11.6 Å². The third kappa shape index (κ3) is 4.52. The van der Waals surface area contributed by atoms with E-state index >= 15 is 0 Å². The highest BCUT2D eigenvalue weighted by Crippen LogP contribution is 2.06. The van der Waals surface area contributed by atoms with E-state index in [9.17, 15) is 13.6 Å². The SMILES string of the molecule is CNCCCNC(=O)c1cccn1CC(F)F. The van der Waals surface area contributed by atoms with Gasteiger partial charge < -0.3 is 15.2 Å². The maximum atomic E-state index is 12.2. The van der Waals surface area contributed by atoms with Crippen LogP contribution in [0, 0.1) is 0 Å². The van der Waals surface area contributed by atoms with Crippen LogP contribution in [0.1, 0.15) is 16.9 Å². The molecule has 2 N–H and O–H groups in total. The molecule has 0 saturated heterocycles. The smallest absolute Gasteiger partial charge is 0.267 e. The Morgan fingerprint density at radius 3 is 2.88 bits per heavy atom. The van der Waals surface area contributed by atoms with E-state index in [1.54, 1.807) is 6.07 Å². The molecule has 0 atom stereocenters. The molecule has 4 nitrogen and oxygen atoms in total. The van der Waals surface area contributed by atoms with Crippen molar-refractivity contribution in [3.8, 4) is 0 Å². The van der Waals surface area contributed by atoms with Crippen LogP contribution in [0.3, 0.4) is 0 Å². The number of hydrogen-bond donors (Lipinski definition) is 2. The molecule has 1 rings (SSSR count). The molecule has 0 fully saturated rings. The lowest BCUT2D eigenvalue weighted by molar-refractivity contribution is 0.0930. The van der Waals surface area contributed by atoms with Crippen molar-refractivity contribution in [3.63, 3.8) is 0 Å². The Balaban J connectivity index is 2.48. The number of alkyl halides is 2. The Morgan fingerprint density at radius 1 is 1.47 bits per heavy atom. The van der Waals surface area contributed by atoms with Crippen molar-refractivity contribution in [2.45, 2.75) is 19.4 Å². The summed E-state index contributed by atoms with van der Waals surface area (Å²) in [5.74, 6) is -0.313. The summed E-state index contributed by atoms with van der Waals surface area (Å²) in [7, 11) is 1.83. The fourth-order valence-electron chi connectivity index (χ4n) is 1.49. The zero-order chi connectivity index (χ0) is 12.7. The van der Waals surface area contributed by atoms with Gasteiger partial charge >= 0.3 is 0 Å². The second-order valence-corrected chi connectivity index (χ2v) is 3.65. The van der Waals surface area contributed by atoms with Gasteiger partial charge in [0.1, 0.15) is 5.69 Å². The molecule has 0 aromatic carbocycles. The van der Waals surface area contributed by atoms with Crippen LogP contribution < -0.4 is 10.6 Å². The van der Waals surface area contributed by atoms with Crippen molar-refractivity contribution < 1.29 is 13.6 Å². The fourth-order valence-corrected chi connectivity index (χ4v) is 1.49. The number of aromatic nitrogens is 1. The quantitative estimate of drug-likeness (QED) is 0.706. The number of hydrogen-bond acceptors (Lipinski definition) is 2. The van der Waals surface area contributed by atoms with E-state index in [1.165, 1.54) is 16.8 Å². The number of carbonyl (C=O) groups excluding carboxylic acids is 1. The summed E-state index contributed by atoms with van der Waals surface area (Å²) >= 11 is 0. The normalized spacial score (nSPS) is 10.8. The number of nitrogens with zero attached hydrogens (tertiary/aromatic N) is 1. The van der Waals surface area contributed by atoms with Crippen LogP contribution in [0.25, 0.3) is 0 Å². The molecular formula is C11H17F2N3O. The van der Waals surface area contributed by atoms with Crippen molar-refractivity contribution in [1.29, 1.82) is 0 Å². The van der Waals surface area contributed by atoms with E-state index in [0.29, 0.717) is 6.54 Å². The van der Waals surface area contributed by atoms with Crippen LogP contribution in [-0.2, 0) is 6.54 Å². The zero-order valence-corrected chi connectivity index (χ0v) is 9.75. The van der Waals surface area contributed by atoms with E-state index in [0.717, 1.165) is 13.0 Å². The van der Waals surface area contributed by atoms with Crippen molar-refractivity contribution in [3.05, 3.63) is 24.0 Å². The highest BCUT2D eigenvalue weighted by Gasteiger charge is 2.12. The Kier molecular flexibility index (Phi) is 5.62. The molecule has 0 spiro atoms. The van der Waals surface area contributed by atoms with Crippen LogP contribution in [-0.4, -0.2) is 37.0 Å². The minimum atomic E-state index is -2.46. The molecule has 1 amide bonds. The lowest BCUT2D eigenvalue weighted by Crippen LogP contribution is -2.28. The largest absolute Gasteiger partial charge is 0.351 e. The van der Waals surface area contributed by atoms with Gasteiger partial charge in [0.25, 0.3) is 12.3 Å². The molecule has 0 radical (unpaired) electrons. The second-order valence-electron chi connectivity index (χ2n) is 3.65. The third-order valence-corrected chi connectivity index (χ3v) is 2.29. The second kappa shape index (κ2) is 7.01. The van der Waals surface area contributed by atoms with E-state index in [2.05, 4.69) is 10.6 Å². The van der Waals surface area contributed by atoms with E-state index < -0.39 is 13.0 Å². The summed E-state index contributed by atoms with van der Waals surface area (Å²) in [4.78, 5) is 11.7. The minimum Gasteiger partial charge on any atom is -0.351 e. The van der Waals surface area contributed by atoms with Gasteiger partial charge in [0, 0.05) is 12.7 Å². The van der Waals surface area contributed by atoms with Crippen LogP contribution in [0.4, 0.5) is 8.78 Å². The fraction of sp³-hybridized carbons (Fsp3) is 0.545. The van der Waals surface area contributed by atoms with Crippen LogP contribution in [0.2, 0.25) is 0 Å². The summed E-state index contributed by atoms with van der Waals surface area (Å²) < 4.78 is 25.7. The molecule has 0 unspecified atom stereocenters. The molecule has 17 heavy (non-hydrogen) atoms. The number of rotatable bonds is 7. The number of amides is 1. The predicted molar refractivity (Wildman–Crippen MR) is 61.3 cm³/mol. The Labute approximate surface area is 99.0 Å². The molecule has 0 aliphatic heterocycles. The first-order valence-electron chi connectivity index (χ1n) is 5.51. The summed E-state index contributed by atoms with van der Waals surface area (Å²) in [6.45, 7) is 0.879. The number of nitrogens with one attached hydrogen (secondary N) is 2. The lowest BCUT2D eigenvalue weighted by atomic mass is 10.3. The highest BCUT2D eigenvalue weighted by atomic mass is 19.3. The Morgan fingerprint density at radius 2 is 2.24 bits per heavy atom. The molecule has 6 heteroatoms. The van der Waals surface area contributed by atoms with Gasteiger partial charge in [-0.3, -0.25) is 4.79 Å². The van der Waals surface area contributed by atoms with E-state index in [4.69, 9.17) is 0 Å². The van der Waals surface area contributed by atoms with Crippen molar-refractivity contribution in [1.82, 2.24) is 15.2 Å². The van der Waals surface area contributed by atoms with Gasteiger partial charge in [-0.2, -0.15) is 0 Å². The van der Waals surface area contributed by atoms with Crippen molar-refractivity contribution in [2.24, 2.45) is 0 Å². The highest BCUT2D eigenvalue weighted by molar-refractivity contribution is 5.92. The van der Waals surface area contributed by atoms with Crippen LogP contribution in [0.5, 0.6) is 0 Å². The molecule has 0 saturated carbocycles. The van der Waals surface area contributed by atoms with E-state index in [1.807, 2.05) is 7.05 Å². The summed E-state index contributed by atoms with van der Waals surface area (Å²) in [6.07, 6.45) is -0.176. The lowest BCUT2D eigenvalue weighted by Gasteiger charge is -2.09. The molecule has 96 valence electrons. The Hall–Kier alpha value is -1.43. The van der Waals surface area contributed by atoms with Crippen molar-refractivity contribution >= 4 is 5.91 Å². The number of carbonyl (C=O) groups is 1. The van der Waals surface area contributed by atoms with Gasteiger partial charge in [0.15, 0.2) is 0 Å². The molecule has 0 aliphatic carbocycles. The summed E-state index contributed by atoms with van der Waals surface area (Å²) in [5.41, 5.74) is 0.273. The summed E-state index contributed by atoms with van der Waals surface area (Å²) in [5, 5.41) is 5.65. The minimum absolute atomic E-state index is 0.273. The first kappa shape index (κ1) is 13.6. The number of halogens is 2. The van der Waals surface area contributed by atoms with Crippen LogP contribution >= 0.6 is 0 Å². The molecule has 1 aromatic heterocycles. The molecule has 0 aliphatic rings. The topological polar surface area (TPSA) is 46.1 Å². The average Bonchev–Trinajstić information content (AvgIpc) is 2.71. The third-order valence-electron chi connectivity index (χ3n) is 2.29. The van der Waals surface area contributed by atoms with Gasteiger partial charge in [-0.1, -0.05) is 0 Å². The van der Waals surface area contributed by atoms with Gasteiger partial charge in [0.2, 0.25) is 0 Å². The molecule has 1 aromatic rings. The standard InChI is InChI=1S/C11H17F2N3O/c1-14-5-3-6-15-11(17)9-4-2-7-16(9)8-10(12)13/h2,4,7,10,14H,3,5-6,8H2,1H3,(H,15,17). The molecule has 1 heterocycles. The maximum absolute atomic E-state index is 12.2.